The van der Waals surface area contributed by atoms with Crippen LogP contribution in [0.3, 0.4) is 0 Å². The second-order valence-electron chi connectivity index (χ2n) is 15.0. The van der Waals surface area contributed by atoms with Crippen molar-refractivity contribution >= 4 is 17.8 Å². The summed E-state index contributed by atoms with van der Waals surface area (Å²) in [6, 6.07) is 21.5. The number of hydrogen-bond acceptors (Lipinski definition) is 11. The van der Waals surface area contributed by atoms with Gasteiger partial charge in [-0.2, -0.15) is 0 Å². The minimum atomic E-state index is -0.845. The number of methoxy groups -OCH3 is 1. The minimum Gasteiger partial charge on any atom is -0.496 e. The predicted octanol–water partition coefficient (Wildman–Crippen LogP) is 4.63. The van der Waals surface area contributed by atoms with Crippen LogP contribution in [-0.2, 0) is 41.6 Å². The summed E-state index contributed by atoms with van der Waals surface area (Å²) in [5, 5.41) is 2.82. The molecule has 1 unspecified atom stereocenters. The molecule has 0 radical (unpaired) electrons. The van der Waals surface area contributed by atoms with Gasteiger partial charge in [0.25, 0.3) is 0 Å². The highest BCUT2D eigenvalue weighted by Gasteiger charge is 2.44. The van der Waals surface area contributed by atoms with E-state index in [9.17, 15) is 14.4 Å². The number of ether oxygens (including phenoxy) is 6. The first-order valence-electron chi connectivity index (χ1n) is 19.9. The van der Waals surface area contributed by atoms with E-state index in [1.807, 2.05) is 100 Å². The van der Waals surface area contributed by atoms with E-state index in [1.54, 1.807) is 12.0 Å². The topological polar surface area (TPSA) is 174 Å². The summed E-state index contributed by atoms with van der Waals surface area (Å²) in [5.41, 5.74) is 15.4. The van der Waals surface area contributed by atoms with E-state index in [2.05, 4.69) is 5.32 Å². The maximum Gasteiger partial charge on any atom is 0.323 e. The number of nitrogens with zero attached hydrogens (tertiary/aromatic N) is 1. The number of carbonyl (C=O) groups excluding carboxylic acids is 3. The number of piperidine rings is 1. The van der Waals surface area contributed by atoms with E-state index in [4.69, 9.17) is 39.9 Å². The summed E-state index contributed by atoms with van der Waals surface area (Å²) in [7, 11) is 1.64. The van der Waals surface area contributed by atoms with E-state index in [1.165, 1.54) is 6.92 Å². The van der Waals surface area contributed by atoms with Crippen LogP contribution in [0, 0.1) is 11.8 Å². The van der Waals surface area contributed by atoms with Crippen molar-refractivity contribution in [2.75, 3.05) is 53.2 Å². The Kier molecular flexibility index (Phi) is 18.1. The number of hydrogen-bond donors (Lipinski definition) is 3. The molecule has 1 aliphatic rings. The molecule has 13 nitrogen and oxygen atoms in total. The van der Waals surface area contributed by atoms with Gasteiger partial charge in [0.2, 0.25) is 11.8 Å². The lowest BCUT2D eigenvalue weighted by Crippen LogP contribution is -2.59. The van der Waals surface area contributed by atoms with Crippen molar-refractivity contribution in [1.82, 2.24) is 10.2 Å². The van der Waals surface area contributed by atoms with Gasteiger partial charge >= 0.3 is 5.97 Å². The molecule has 57 heavy (non-hydrogen) atoms. The molecule has 5 N–H and O–H groups in total. The van der Waals surface area contributed by atoms with Gasteiger partial charge in [-0.1, -0.05) is 76.2 Å². The van der Waals surface area contributed by atoms with Crippen LogP contribution in [-0.4, -0.2) is 100 Å². The molecule has 4 rings (SSSR count). The van der Waals surface area contributed by atoms with Gasteiger partial charge in [-0.3, -0.25) is 14.4 Å². The summed E-state index contributed by atoms with van der Waals surface area (Å²) in [5.74, 6) is 0.579. The molecular weight excluding hydrogens is 729 g/mol. The van der Waals surface area contributed by atoms with Crippen LogP contribution in [0.5, 0.6) is 17.2 Å². The predicted molar refractivity (Wildman–Crippen MR) is 218 cm³/mol. The Morgan fingerprint density at radius 2 is 1.42 bits per heavy atom. The van der Waals surface area contributed by atoms with Gasteiger partial charge < -0.3 is 50.1 Å². The maximum absolute atomic E-state index is 13.7. The minimum absolute atomic E-state index is 0.0924. The van der Waals surface area contributed by atoms with Crippen molar-refractivity contribution in [3.05, 3.63) is 89.5 Å². The largest absolute Gasteiger partial charge is 0.496 e. The quantitative estimate of drug-likeness (QED) is 0.0957. The van der Waals surface area contributed by atoms with Gasteiger partial charge in [-0.15, -0.1) is 0 Å². The van der Waals surface area contributed by atoms with Crippen LogP contribution in [0.15, 0.2) is 72.8 Å². The monoisotopic (exact) mass is 790 g/mol. The summed E-state index contributed by atoms with van der Waals surface area (Å²) >= 11 is 0. The van der Waals surface area contributed by atoms with Gasteiger partial charge in [-0.05, 0) is 53.6 Å². The molecule has 2 amide bonds. The normalized spacial score (nSPS) is 17.9. The third-order valence-electron chi connectivity index (χ3n) is 10.0. The highest BCUT2D eigenvalue weighted by molar-refractivity contribution is 5.82. The molecule has 0 bridgehead atoms. The fraction of sp³-hybridized carbons (Fsp3) is 0.523. The Hall–Kier alpha value is -4.69. The maximum atomic E-state index is 13.7. The Morgan fingerprint density at radius 1 is 0.772 bits per heavy atom. The van der Waals surface area contributed by atoms with Crippen molar-refractivity contribution in [1.29, 1.82) is 0 Å². The van der Waals surface area contributed by atoms with E-state index in [0.29, 0.717) is 50.7 Å². The number of rotatable bonds is 22. The second kappa shape index (κ2) is 22.9. The molecule has 0 aliphatic carbocycles. The van der Waals surface area contributed by atoms with Crippen LogP contribution in [0.2, 0.25) is 0 Å². The zero-order chi connectivity index (χ0) is 41.3. The number of benzene rings is 3. The molecule has 312 valence electrons. The van der Waals surface area contributed by atoms with Crippen molar-refractivity contribution in [2.45, 2.75) is 84.3 Å². The van der Waals surface area contributed by atoms with E-state index < -0.39 is 36.2 Å². The van der Waals surface area contributed by atoms with E-state index in [-0.39, 0.29) is 50.0 Å². The molecule has 1 saturated heterocycles. The van der Waals surface area contributed by atoms with Crippen LogP contribution >= 0.6 is 0 Å². The van der Waals surface area contributed by atoms with E-state index in [0.717, 1.165) is 22.4 Å². The SMILES string of the molecule is COc1ccccc1COCCCOc1ccc([C@@H]2[C@@H](OCCOc3ccccc3CCNC(C)=O)CN(C(=O)C(N)C(C)C)C[C@H]2OC(=O)[C@@H](N)C(C)C)cc1. The molecule has 5 atom stereocenters. The third kappa shape index (κ3) is 13.7. The Bertz CT molecular complexity index is 1700. The molecule has 1 fully saturated rings. The first-order chi connectivity index (χ1) is 27.4. The fourth-order valence-electron chi connectivity index (χ4n) is 6.56. The summed E-state index contributed by atoms with van der Waals surface area (Å²) < 4.78 is 36.2. The lowest BCUT2D eigenvalue weighted by molar-refractivity contribution is -0.166. The number of carbonyl (C=O) groups is 3. The van der Waals surface area contributed by atoms with Crippen molar-refractivity contribution in [3.63, 3.8) is 0 Å². The molecule has 0 spiro atoms. The summed E-state index contributed by atoms with van der Waals surface area (Å²) in [6.07, 6.45) is -0.0570. The lowest BCUT2D eigenvalue weighted by atomic mass is 9.83. The number of esters is 1. The molecule has 0 saturated carbocycles. The third-order valence-corrected chi connectivity index (χ3v) is 10.0. The zero-order valence-corrected chi connectivity index (χ0v) is 34.3. The van der Waals surface area contributed by atoms with Gasteiger partial charge in [0, 0.05) is 32.0 Å². The average Bonchev–Trinajstić information content (AvgIpc) is 3.20. The highest BCUT2D eigenvalue weighted by Crippen LogP contribution is 2.35. The molecule has 13 heteroatoms. The number of nitrogens with two attached hydrogens (primary N) is 2. The van der Waals surface area contributed by atoms with Crippen LogP contribution in [0.1, 0.15) is 63.6 Å². The standard InChI is InChI=1S/C44H62N4O9/c1-29(2)41(45)43(50)48-26-38(56-25-24-55-37-15-10-7-12-32(37)20-21-47-31(5)49)40(39(27-48)57-44(51)42(46)30(3)4)33-16-18-35(19-17-33)54-23-11-22-53-28-34-13-8-9-14-36(34)52-6/h7-10,12-19,29-30,38-42H,11,20-28,45-46H2,1-6H3,(H,47,49)/t38-,39+,40+,41?,42-/m0/s1. The Balaban J connectivity index is 1.48. The van der Waals surface area contributed by atoms with Crippen molar-refractivity contribution in [2.24, 2.45) is 23.3 Å². The fourth-order valence-corrected chi connectivity index (χ4v) is 6.56. The molecule has 0 aromatic heterocycles. The first-order valence-corrected chi connectivity index (χ1v) is 19.9. The van der Waals surface area contributed by atoms with Crippen molar-refractivity contribution in [3.8, 4) is 17.2 Å². The smallest absolute Gasteiger partial charge is 0.323 e. The Labute approximate surface area is 337 Å². The lowest BCUT2D eigenvalue weighted by Gasteiger charge is -2.44. The van der Waals surface area contributed by atoms with Crippen LogP contribution in [0.25, 0.3) is 0 Å². The zero-order valence-electron chi connectivity index (χ0n) is 34.3. The second-order valence-corrected chi connectivity index (χ2v) is 15.0. The van der Waals surface area contributed by atoms with Crippen LogP contribution < -0.4 is 31.0 Å². The average molecular weight is 791 g/mol. The van der Waals surface area contributed by atoms with Crippen molar-refractivity contribution < 1.29 is 42.8 Å². The van der Waals surface area contributed by atoms with Crippen LogP contribution in [0.4, 0.5) is 0 Å². The molecule has 3 aromatic rings. The number of amides is 2. The molecule has 3 aromatic carbocycles. The Morgan fingerprint density at radius 3 is 2.09 bits per heavy atom. The van der Waals surface area contributed by atoms with Gasteiger partial charge in [-0.25, -0.2) is 0 Å². The molecule has 1 heterocycles. The molecule has 1 aliphatic heterocycles. The summed E-state index contributed by atoms with van der Waals surface area (Å²) in [4.78, 5) is 40.1. The van der Waals surface area contributed by atoms with Gasteiger partial charge in [0.1, 0.15) is 36.0 Å². The summed E-state index contributed by atoms with van der Waals surface area (Å²) in [6.45, 7) is 11.7. The van der Waals surface area contributed by atoms with E-state index >= 15 is 0 Å². The highest BCUT2D eigenvalue weighted by atomic mass is 16.6. The number of likely N-dealkylation sites (tertiary alicyclic amines) is 1. The van der Waals surface area contributed by atoms with Gasteiger partial charge in [0.15, 0.2) is 0 Å². The first kappa shape index (κ1) is 45.0. The van der Waals surface area contributed by atoms with Gasteiger partial charge in [0.05, 0.1) is 58.1 Å². The number of nitrogens with one attached hydrogen (secondary N) is 1. The molecular formula is C44H62N4O9. The number of para-hydroxylation sites is 2.